The molecule has 1 rings (SSSR count). The molecule has 0 amide bonds. The zero-order chi connectivity index (χ0) is 13.9. The lowest BCUT2D eigenvalue weighted by atomic mass is 10.1. The average molecular weight is 253 g/mol. The van der Waals surface area contributed by atoms with Crippen LogP contribution in [0.4, 0.5) is 5.82 Å². The SMILES string of the molecule is CCOC(c1nc(C)c(C(=O)O)c(N)n1)C(C)C. The van der Waals surface area contributed by atoms with Crippen molar-refractivity contribution in [3.05, 3.63) is 17.1 Å². The van der Waals surface area contributed by atoms with Gasteiger partial charge >= 0.3 is 5.97 Å². The number of carboxylic acid groups (broad SMARTS) is 1. The van der Waals surface area contributed by atoms with E-state index in [0.29, 0.717) is 18.1 Å². The highest BCUT2D eigenvalue weighted by molar-refractivity contribution is 5.93. The molecular weight excluding hydrogens is 234 g/mol. The Kier molecular flexibility index (Phi) is 4.61. The number of nitrogen functional groups attached to an aromatic ring is 1. The van der Waals surface area contributed by atoms with Crippen molar-refractivity contribution >= 4 is 11.8 Å². The minimum absolute atomic E-state index is 0.0182. The van der Waals surface area contributed by atoms with Gasteiger partial charge in [-0.05, 0) is 19.8 Å². The van der Waals surface area contributed by atoms with Gasteiger partial charge in [-0.2, -0.15) is 0 Å². The maximum absolute atomic E-state index is 11.0. The molecule has 100 valence electrons. The fourth-order valence-electron chi connectivity index (χ4n) is 1.75. The second-order valence-electron chi connectivity index (χ2n) is 4.35. The van der Waals surface area contributed by atoms with Crippen molar-refractivity contribution in [1.82, 2.24) is 9.97 Å². The largest absolute Gasteiger partial charge is 0.477 e. The lowest BCUT2D eigenvalue weighted by Gasteiger charge is -2.20. The number of aromatic carboxylic acids is 1. The van der Waals surface area contributed by atoms with Crippen LogP contribution < -0.4 is 5.73 Å². The molecule has 0 aliphatic carbocycles. The Morgan fingerprint density at radius 1 is 1.44 bits per heavy atom. The van der Waals surface area contributed by atoms with Crippen molar-refractivity contribution in [2.24, 2.45) is 5.92 Å². The van der Waals surface area contributed by atoms with Crippen molar-refractivity contribution < 1.29 is 14.6 Å². The standard InChI is InChI=1S/C12H19N3O3/c1-5-18-9(6(2)3)11-14-7(4)8(12(16)17)10(13)15-11/h6,9H,5H2,1-4H3,(H,16,17)(H2,13,14,15). The Labute approximate surface area is 106 Å². The van der Waals surface area contributed by atoms with Gasteiger partial charge in [0.15, 0.2) is 5.82 Å². The molecule has 0 aliphatic rings. The van der Waals surface area contributed by atoms with Crippen LogP contribution >= 0.6 is 0 Å². The van der Waals surface area contributed by atoms with Crippen LogP contribution in [0.5, 0.6) is 0 Å². The molecule has 0 fully saturated rings. The van der Waals surface area contributed by atoms with Crippen LogP contribution in [-0.4, -0.2) is 27.7 Å². The van der Waals surface area contributed by atoms with Gasteiger partial charge in [0.05, 0.1) is 5.69 Å². The maximum Gasteiger partial charge on any atom is 0.341 e. The first-order valence-corrected chi connectivity index (χ1v) is 5.87. The van der Waals surface area contributed by atoms with Gasteiger partial charge in [-0.15, -0.1) is 0 Å². The van der Waals surface area contributed by atoms with E-state index in [4.69, 9.17) is 15.6 Å². The highest BCUT2D eigenvalue weighted by Gasteiger charge is 2.23. The summed E-state index contributed by atoms with van der Waals surface area (Å²) in [5, 5.41) is 9.00. The van der Waals surface area contributed by atoms with Crippen molar-refractivity contribution in [1.29, 1.82) is 0 Å². The van der Waals surface area contributed by atoms with Crippen LogP contribution in [0.15, 0.2) is 0 Å². The maximum atomic E-state index is 11.0. The Hall–Kier alpha value is -1.69. The summed E-state index contributed by atoms with van der Waals surface area (Å²) in [6.07, 6.45) is -0.279. The number of hydrogen-bond acceptors (Lipinski definition) is 5. The monoisotopic (exact) mass is 253 g/mol. The molecule has 0 aromatic carbocycles. The zero-order valence-corrected chi connectivity index (χ0v) is 11.1. The lowest BCUT2D eigenvalue weighted by Crippen LogP contribution is -2.18. The molecule has 0 aliphatic heterocycles. The van der Waals surface area contributed by atoms with E-state index in [-0.39, 0.29) is 23.4 Å². The second kappa shape index (κ2) is 5.77. The third-order valence-electron chi connectivity index (χ3n) is 2.56. The number of ether oxygens (including phenoxy) is 1. The Morgan fingerprint density at radius 3 is 2.44 bits per heavy atom. The molecule has 0 saturated carbocycles. The van der Waals surface area contributed by atoms with Crippen LogP contribution in [-0.2, 0) is 4.74 Å². The molecule has 3 N–H and O–H groups in total. The quantitative estimate of drug-likeness (QED) is 0.830. The summed E-state index contributed by atoms with van der Waals surface area (Å²) < 4.78 is 5.57. The molecule has 0 saturated heterocycles. The topological polar surface area (TPSA) is 98.3 Å². The molecule has 6 nitrogen and oxygen atoms in total. The summed E-state index contributed by atoms with van der Waals surface area (Å²) in [6.45, 7) is 8.00. The van der Waals surface area contributed by atoms with Crippen LogP contribution in [0.1, 0.15) is 48.8 Å². The number of hydrogen-bond donors (Lipinski definition) is 2. The molecule has 6 heteroatoms. The van der Waals surface area contributed by atoms with Gasteiger partial charge in [0.1, 0.15) is 17.5 Å². The number of carboxylic acids is 1. The lowest BCUT2D eigenvalue weighted by molar-refractivity contribution is 0.0231. The minimum Gasteiger partial charge on any atom is -0.477 e. The van der Waals surface area contributed by atoms with Gasteiger partial charge in [0.2, 0.25) is 0 Å². The van der Waals surface area contributed by atoms with Gasteiger partial charge in [-0.3, -0.25) is 0 Å². The fraction of sp³-hybridized carbons (Fsp3) is 0.583. The van der Waals surface area contributed by atoms with Crippen LogP contribution in [0.25, 0.3) is 0 Å². The summed E-state index contributed by atoms with van der Waals surface area (Å²) >= 11 is 0. The first kappa shape index (κ1) is 14.4. The van der Waals surface area contributed by atoms with Crippen LogP contribution in [0, 0.1) is 12.8 Å². The third-order valence-corrected chi connectivity index (χ3v) is 2.56. The van der Waals surface area contributed by atoms with E-state index in [2.05, 4.69) is 9.97 Å². The smallest absolute Gasteiger partial charge is 0.341 e. The highest BCUT2D eigenvalue weighted by atomic mass is 16.5. The van der Waals surface area contributed by atoms with E-state index < -0.39 is 5.97 Å². The van der Waals surface area contributed by atoms with Gasteiger partial charge in [0.25, 0.3) is 0 Å². The molecule has 1 aromatic heterocycles. The third kappa shape index (κ3) is 2.95. The van der Waals surface area contributed by atoms with Crippen molar-refractivity contribution in [2.45, 2.75) is 33.8 Å². The second-order valence-corrected chi connectivity index (χ2v) is 4.35. The predicted molar refractivity (Wildman–Crippen MR) is 67.3 cm³/mol. The molecular formula is C12H19N3O3. The Bertz CT molecular complexity index is 423. The summed E-state index contributed by atoms with van der Waals surface area (Å²) in [6, 6.07) is 0. The molecule has 1 aromatic rings. The molecule has 0 bridgehead atoms. The number of nitrogens with two attached hydrogens (primary N) is 1. The molecule has 1 heterocycles. The molecule has 0 spiro atoms. The minimum atomic E-state index is -1.12. The first-order valence-electron chi connectivity index (χ1n) is 5.87. The van der Waals surface area contributed by atoms with Gasteiger partial charge < -0.3 is 15.6 Å². The molecule has 1 atom stereocenters. The number of aryl methyl sites for hydroxylation is 1. The van der Waals surface area contributed by atoms with Crippen molar-refractivity contribution in [3.8, 4) is 0 Å². The van der Waals surface area contributed by atoms with Crippen molar-refractivity contribution in [3.63, 3.8) is 0 Å². The van der Waals surface area contributed by atoms with E-state index >= 15 is 0 Å². The van der Waals surface area contributed by atoms with E-state index in [1.165, 1.54) is 0 Å². The number of carbonyl (C=O) groups is 1. The zero-order valence-electron chi connectivity index (χ0n) is 11.1. The van der Waals surface area contributed by atoms with Gasteiger partial charge in [0, 0.05) is 6.61 Å². The Balaban J connectivity index is 3.23. The first-order chi connectivity index (χ1) is 8.38. The molecule has 1 unspecified atom stereocenters. The summed E-state index contributed by atoms with van der Waals surface area (Å²) in [7, 11) is 0. The number of nitrogens with zero attached hydrogens (tertiary/aromatic N) is 2. The van der Waals surface area contributed by atoms with Gasteiger partial charge in [-0.1, -0.05) is 13.8 Å². The number of rotatable bonds is 5. The summed E-state index contributed by atoms with van der Waals surface area (Å²) in [5.41, 5.74) is 5.98. The Morgan fingerprint density at radius 2 is 2.06 bits per heavy atom. The van der Waals surface area contributed by atoms with Crippen LogP contribution in [0.3, 0.4) is 0 Å². The number of aromatic nitrogens is 2. The summed E-state index contributed by atoms with van der Waals surface area (Å²) in [5.74, 6) is -0.518. The highest BCUT2D eigenvalue weighted by Crippen LogP contribution is 2.25. The average Bonchev–Trinajstić information content (AvgIpc) is 2.23. The fourth-order valence-corrected chi connectivity index (χ4v) is 1.75. The summed E-state index contributed by atoms with van der Waals surface area (Å²) in [4.78, 5) is 19.2. The molecule has 18 heavy (non-hydrogen) atoms. The van der Waals surface area contributed by atoms with Gasteiger partial charge in [-0.25, -0.2) is 14.8 Å². The normalized spacial score (nSPS) is 12.7. The molecule has 0 radical (unpaired) electrons. The van der Waals surface area contributed by atoms with E-state index in [1.807, 2.05) is 20.8 Å². The van der Waals surface area contributed by atoms with E-state index in [1.54, 1.807) is 6.92 Å². The number of anilines is 1. The van der Waals surface area contributed by atoms with Crippen molar-refractivity contribution in [2.75, 3.05) is 12.3 Å². The van der Waals surface area contributed by atoms with E-state index in [0.717, 1.165) is 0 Å². The van der Waals surface area contributed by atoms with Crippen LogP contribution in [0.2, 0.25) is 0 Å². The predicted octanol–water partition coefficient (Wildman–Crippen LogP) is 1.80. The van der Waals surface area contributed by atoms with E-state index in [9.17, 15) is 4.79 Å².